The second-order valence-corrected chi connectivity index (χ2v) is 7.12. The second-order valence-electron chi connectivity index (χ2n) is 6.01. The van der Waals surface area contributed by atoms with Crippen molar-refractivity contribution in [3.63, 3.8) is 0 Å². The van der Waals surface area contributed by atoms with Crippen molar-refractivity contribution in [1.82, 2.24) is 4.90 Å². The summed E-state index contributed by atoms with van der Waals surface area (Å²) < 4.78 is 13.9. The van der Waals surface area contributed by atoms with Gasteiger partial charge in [-0.1, -0.05) is 12.1 Å². The second kappa shape index (κ2) is 6.55. The predicted molar refractivity (Wildman–Crippen MR) is 88.5 cm³/mol. The molecule has 2 N–H and O–H groups in total. The number of halogens is 1. The molecule has 1 aromatic rings. The fourth-order valence-corrected chi connectivity index (χ4v) is 4.82. The third-order valence-electron chi connectivity index (χ3n) is 4.83. The lowest BCUT2D eigenvalue weighted by Crippen LogP contribution is -2.62. The van der Waals surface area contributed by atoms with E-state index in [1.807, 2.05) is 23.9 Å². The van der Waals surface area contributed by atoms with E-state index in [9.17, 15) is 4.39 Å². The number of hydrogen-bond donors (Lipinski definition) is 1. The van der Waals surface area contributed by atoms with Crippen LogP contribution in [-0.4, -0.2) is 54.7 Å². The van der Waals surface area contributed by atoms with Gasteiger partial charge in [0.15, 0.2) is 0 Å². The Labute approximate surface area is 130 Å². The molecule has 0 aliphatic carbocycles. The Morgan fingerprint density at radius 3 is 2.57 bits per heavy atom. The van der Waals surface area contributed by atoms with Gasteiger partial charge in [-0.3, -0.25) is 4.90 Å². The largest absolute Gasteiger partial charge is 0.367 e. The molecule has 2 fully saturated rings. The van der Waals surface area contributed by atoms with Crippen molar-refractivity contribution in [2.75, 3.05) is 49.1 Å². The minimum atomic E-state index is -0.118. The molecule has 116 valence electrons. The van der Waals surface area contributed by atoms with E-state index in [0.29, 0.717) is 0 Å². The van der Waals surface area contributed by atoms with Crippen LogP contribution < -0.4 is 10.6 Å². The molecule has 1 aromatic carbocycles. The Morgan fingerprint density at radius 2 is 1.95 bits per heavy atom. The van der Waals surface area contributed by atoms with E-state index in [1.165, 1.54) is 18.6 Å². The first kappa shape index (κ1) is 15.1. The number of anilines is 1. The Bertz CT molecular complexity index is 468. The molecule has 2 saturated heterocycles. The number of para-hydroxylation sites is 1. The van der Waals surface area contributed by atoms with E-state index in [0.717, 1.165) is 44.2 Å². The normalized spacial score (nSPS) is 27.8. The highest BCUT2D eigenvalue weighted by molar-refractivity contribution is 7.99. The summed E-state index contributed by atoms with van der Waals surface area (Å²) in [5.41, 5.74) is 7.01. The Balaban J connectivity index is 1.66. The highest BCUT2D eigenvalue weighted by Gasteiger charge is 2.38. The van der Waals surface area contributed by atoms with Crippen LogP contribution in [-0.2, 0) is 0 Å². The van der Waals surface area contributed by atoms with Gasteiger partial charge in [-0.25, -0.2) is 4.39 Å². The molecule has 0 spiro atoms. The molecule has 0 aromatic heterocycles. The number of piperazine rings is 1. The summed E-state index contributed by atoms with van der Waals surface area (Å²) in [5, 5.41) is 0. The molecule has 0 saturated carbocycles. The molecule has 0 radical (unpaired) electrons. The maximum Gasteiger partial charge on any atom is 0.146 e. The van der Waals surface area contributed by atoms with Gasteiger partial charge in [0.25, 0.3) is 0 Å². The molecule has 21 heavy (non-hydrogen) atoms. The monoisotopic (exact) mass is 309 g/mol. The molecule has 2 aliphatic rings. The van der Waals surface area contributed by atoms with Gasteiger partial charge in [-0.05, 0) is 30.7 Å². The first-order chi connectivity index (χ1) is 10.2. The van der Waals surface area contributed by atoms with E-state index in [1.54, 1.807) is 12.1 Å². The molecular weight excluding hydrogens is 285 g/mol. The molecule has 2 heterocycles. The maximum atomic E-state index is 13.9. The van der Waals surface area contributed by atoms with Gasteiger partial charge in [0.1, 0.15) is 5.82 Å². The van der Waals surface area contributed by atoms with Crippen molar-refractivity contribution >= 4 is 17.4 Å². The molecule has 2 aliphatic heterocycles. The van der Waals surface area contributed by atoms with E-state index in [-0.39, 0.29) is 11.4 Å². The van der Waals surface area contributed by atoms with Crippen LogP contribution in [0.5, 0.6) is 0 Å². The summed E-state index contributed by atoms with van der Waals surface area (Å²) >= 11 is 2.02. The van der Waals surface area contributed by atoms with Gasteiger partial charge in [0.2, 0.25) is 0 Å². The molecule has 1 unspecified atom stereocenters. The van der Waals surface area contributed by atoms with E-state index < -0.39 is 0 Å². The van der Waals surface area contributed by atoms with Crippen LogP contribution in [0.4, 0.5) is 10.1 Å². The van der Waals surface area contributed by atoms with Crippen LogP contribution in [0.1, 0.15) is 12.8 Å². The maximum absolute atomic E-state index is 13.9. The number of hydrogen-bond acceptors (Lipinski definition) is 4. The van der Waals surface area contributed by atoms with Crippen molar-refractivity contribution in [3.05, 3.63) is 30.1 Å². The highest BCUT2D eigenvalue weighted by atomic mass is 32.2. The zero-order valence-corrected chi connectivity index (χ0v) is 13.2. The topological polar surface area (TPSA) is 32.5 Å². The molecule has 5 heteroatoms. The Kier molecular flexibility index (Phi) is 4.72. The number of benzene rings is 1. The van der Waals surface area contributed by atoms with E-state index >= 15 is 0 Å². The van der Waals surface area contributed by atoms with Crippen LogP contribution in [0.25, 0.3) is 0 Å². The summed E-state index contributed by atoms with van der Waals surface area (Å²) in [7, 11) is 0. The van der Waals surface area contributed by atoms with Gasteiger partial charge >= 0.3 is 0 Å². The van der Waals surface area contributed by atoms with Gasteiger partial charge in [-0.15, -0.1) is 0 Å². The van der Waals surface area contributed by atoms with Gasteiger partial charge in [0, 0.05) is 44.0 Å². The zero-order chi connectivity index (χ0) is 14.7. The standard InChI is InChI=1S/C16H24FN3S/c17-14-4-1-2-5-15(14)19-7-9-20(10-8-19)16(12-18)6-3-11-21-13-16/h1-2,4-5H,3,6-13,18H2. The minimum absolute atomic E-state index is 0.118. The van der Waals surface area contributed by atoms with Crippen molar-refractivity contribution in [3.8, 4) is 0 Å². The minimum Gasteiger partial charge on any atom is -0.367 e. The van der Waals surface area contributed by atoms with Crippen LogP contribution in [0.15, 0.2) is 24.3 Å². The summed E-state index contributed by atoms with van der Waals surface area (Å²) in [4.78, 5) is 4.71. The SMILES string of the molecule is NCC1(N2CCN(c3ccccc3F)CC2)CCCSC1. The Hall–Kier alpha value is -0.780. The quantitative estimate of drug-likeness (QED) is 0.927. The molecule has 0 bridgehead atoms. The van der Waals surface area contributed by atoms with Crippen LogP contribution in [0, 0.1) is 5.82 Å². The average Bonchev–Trinajstić information content (AvgIpc) is 2.56. The number of rotatable bonds is 3. The number of thioether (sulfide) groups is 1. The molecule has 3 rings (SSSR count). The van der Waals surface area contributed by atoms with Crippen LogP contribution in [0.2, 0.25) is 0 Å². The third kappa shape index (κ3) is 3.05. The average molecular weight is 309 g/mol. The summed E-state index contributed by atoms with van der Waals surface area (Å²) in [6.07, 6.45) is 2.46. The summed E-state index contributed by atoms with van der Waals surface area (Å²) in [6, 6.07) is 7.07. The van der Waals surface area contributed by atoms with Gasteiger partial charge in [-0.2, -0.15) is 11.8 Å². The predicted octanol–water partition coefficient (Wildman–Crippen LogP) is 2.17. The summed E-state index contributed by atoms with van der Waals surface area (Å²) in [6.45, 7) is 4.46. The van der Waals surface area contributed by atoms with Crippen LogP contribution in [0.3, 0.4) is 0 Å². The van der Waals surface area contributed by atoms with Crippen molar-refractivity contribution in [2.45, 2.75) is 18.4 Å². The van der Waals surface area contributed by atoms with Crippen LogP contribution >= 0.6 is 11.8 Å². The number of nitrogens with zero attached hydrogens (tertiary/aromatic N) is 2. The first-order valence-electron chi connectivity index (χ1n) is 7.77. The van der Waals surface area contributed by atoms with Crippen molar-refractivity contribution < 1.29 is 4.39 Å². The fourth-order valence-electron chi connectivity index (χ4n) is 3.51. The Morgan fingerprint density at radius 1 is 1.19 bits per heavy atom. The number of nitrogens with two attached hydrogens (primary N) is 1. The van der Waals surface area contributed by atoms with Crippen molar-refractivity contribution in [2.24, 2.45) is 5.73 Å². The smallest absolute Gasteiger partial charge is 0.146 e. The van der Waals surface area contributed by atoms with Gasteiger partial charge < -0.3 is 10.6 Å². The lowest BCUT2D eigenvalue weighted by atomic mass is 9.92. The van der Waals surface area contributed by atoms with Gasteiger partial charge in [0.05, 0.1) is 5.69 Å². The highest BCUT2D eigenvalue weighted by Crippen LogP contribution is 2.32. The van der Waals surface area contributed by atoms with E-state index in [2.05, 4.69) is 9.80 Å². The fraction of sp³-hybridized carbons (Fsp3) is 0.625. The zero-order valence-electron chi connectivity index (χ0n) is 12.4. The summed E-state index contributed by atoms with van der Waals surface area (Å²) in [5.74, 6) is 2.29. The lowest BCUT2D eigenvalue weighted by molar-refractivity contribution is 0.0952. The molecular formula is C16H24FN3S. The third-order valence-corrected chi connectivity index (χ3v) is 6.14. The first-order valence-corrected chi connectivity index (χ1v) is 8.93. The lowest BCUT2D eigenvalue weighted by Gasteiger charge is -2.49. The molecule has 1 atom stereocenters. The molecule has 0 amide bonds. The van der Waals surface area contributed by atoms with Crippen molar-refractivity contribution in [1.29, 1.82) is 0 Å². The molecule has 3 nitrogen and oxygen atoms in total. The van der Waals surface area contributed by atoms with E-state index in [4.69, 9.17) is 5.73 Å².